The summed E-state index contributed by atoms with van der Waals surface area (Å²) in [6.45, 7) is 3.05. The molecule has 1 aliphatic rings. The van der Waals surface area contributed by atoms with Crippen LogP contribution in [-0.4, -0.2) is 36.8 Å². The standard InChI is InChI=1S/C12H19N3O2S/c1-2-10-9-15(7-5-12(10)13)18(16,17)11-4-3-6-14-8-11/h3-4,6,8,10,12H,2,5,7,9,13H2,1H3. The van der Waals surface area contributed by atoms with Crippen LogP contribution in [0.25, 0.3) is 0 Å². The van der Waals surface area contributed by atoms with E-state index in [9.17, 15) is 8.42 Å². The second-order valence-corrected chi connectivity index (χ2v) is 6.61. The van der Waals surface area contributed by atoms with E-state index in [0.29, 0.717) is 13.1 Å². The third kappa shape index (κ3) is 2.55. The van der Waals surface area contributed by atoms with Crippen molar-refractivity contribution in [1.82, 2.24) is 9.29 Å². The first kappa shape index (κ1) is 13.5. The van der Waals surface area contributed by atoms with E-state index in [2.05, 4.69) is 4.98 Å². The van der Waals surface area contributed by atoms with Gasteiger partial charge in [0.05, 0.1) is 0 Å². The maximum absolute atomic E-state index is 12.4. The van der Waals surface area contributed by atoms with Crippen molar-refractivity contribution in [2.75, 3.05) is 13.1 Å². The number of hydrogen-bond acceptors (Lipinski definition) is 4. The van der Waals surface area contributed by atoms with E-state index in [0.717, 1.165) is 12.8 Å². The first-order valence-electron chi connectivity index (χ1n) is 6.21. The Balaban J connectivity index is 2.22. The summed E-state index contributed by atoms with van der Waals surface area (Å²) in [7, 11) is -3.41. The van der Waals surface area contributed by atoms with E-state index >= 15 is 0 Å². The molecule has 0 spiro atoms. The number of pyridine rings is 1. The molecule has 1 saturated heterocycles. The first-order chi connectivity index (χ1) is 8.55. The maximum atomic E-state index is 12.4. The van der Waals surface area contributed by atoms with Crippen LogP contribution in [0.1, 0.15) is 19.8 Å². The summed E-state index contributed by atoms with van der Waals surface area (Å²) in [5.41, 5.74) is 6.00. The molecule has 18 heavy (non-hydrogen) atoms. The number of nitrogens with two attached hydrogens (primary N) is 1. The van der Waals surface area contributed by atoms with Gasteiger partial charge in [-0.2, -0.15) is 4.31 Å². The molecule has 0 aliphatic carbocycles. The molecule has 100 valence electrons. The lowest BCUT2D eigenvalue weighted by molar-refractivity contribution is 0.230. The molecule has 5 nitrogen and oxygen atoms in total. The van der Waals surface area contributed by atoms with Gasteiger partial charge in [0.2, 0.25) is 10.0 Å². The largest absolute Gasteiger partial charge is 0.327 e. The minimum absolute atomic E-state index is 0.107. The van der Waals surface area contributed by atoms with Gasteiger partial charge >= 0.3 is 0 Å². The molecule has 6 heteroatoms. The molecule has 2 atom stereocenters. The highest BCUT2D eigenvalue weighted by molar-refractivity contribution is 7.89. The van der Waals surface area contributed by atoms with Crippen LogP contribution >= 0.6 is 0 Å². The van der Waals surface area contributed by atoms with Gasteiger partial charge in [-0.15, -0.1) is 0 Å². The Morgan fingerprint density at radius 3 is 2.94 bits per heavy atom. The molecule has 2 N–H and O–H groups in total. The molecular formula is C12H19N3O2S. The molecule has 1 fully saturated rings. The second-order valence-electron chi connectivity index (χ2n) is 4.67. The van der Waals surface area contributed by atoms with Crippen molar-refractivity contribution in [3.63, 3.8) is 0 Å². The van der Waals surface area contributed by atoms with Gasteiger partial charge in [-0.05, 0) is 24.5 Å². The van der Waals surface area contributed by atoms with Crippen molar-refractivity contribution in [3.05, 3.63) is 24.5 Å². The molecule has 2 rings (SSSR count). The van der Waals surface area contributed by atoms with Gasteiger partial charge in [-0.25, -0.2) is 8.42 Å². The SMILES string of the molecule is CCC1CN(S(=O)(=O)c2cccnc2)CCC1N. The van der Waals surface area contributed by atoms with Crippen LogP contribution in [0.15, 0.2) is 29.4 Å². The zero-order valence-electron chi connectivity index (χ0n) is 10.5. The van der Waals surface area contributed by atoms with Crippen LogP contribution in [0.3, 0.4) is 0 Å². The Labute approximate surface area is 108 Å². The zero-order chi connectivity index (χ0) is 13.2. The van der Waals surface area contributed by atoms with Crippen LogP contribution in [0.2, 0.25) is 0 Å². The Hall–Kier alpha value is -0.980. The Morgan fingerprint density at radius 2 is 2.33 bits per heavy atom. The lowest BCUT2D eigenvalue weighted by Crippen LogP contribution is -2.48. The Morgan fingerprint density at radius 1 is 1.56 bits per heavy atom. The molecule has 0 amide bonds. The number of nitrogens with zero attached hydrogens (tertiary/aromatic N) is 2. The lowest BCUT2D eigenvalue weighted by atomic mass is 9.92. The fourth-order valence-corrected chi connectivity index (χ4v) is 3.79. The smallest absolute Gasteiger partial charge is 0.244 e. The highest BCUT2D eigenvalue weighted by Crippen LogP contribution is 2.24. The van der Waals surface area contributed by atoms with Crippen LogP contribution in [-0.2, 0) is 10.0 Å². The summed E-state index contributed by atoms with van der Waals surface area (Å²) in [6, 6.07) is 3.33. The molecule has 0 bridgehead atoms. The van der Waals surface area contributed by atoms with E-state index in [1.807, 2.05) is 6.92 Å². The molecule has 2 heterocycles. The molecular weight excluding hydrogens is 250 g/mol. The quantitative estimate of drug-likeness (QED) is 0.881. The number of sulfonamides is 1. The minimum Gasteiger partial charge on any atom is -0.327 e. The number of aromatic nitrogens is 1. The molecule has 0 aromatic carbocycles. The maximum Gasteiger partial charge on any atom is 0.244 e. The van der Waals surface area contributed by atoms with Crippen molar-refractivity contribution in [2.24, 2.45) is 11.7 Å². The molecule has 2 unspecified atom stereocenters. The summed E-state index contributed by atoms with van der Waals surface area (Å²) in [6.07, 6.45) is 4.59. The number of piperidine rings is 1. The van der Waals surface area contributed by atoms with Gasteiger partial charge in [-0.3, -0.25) is 4.98 Å². The predicted octanol–water partition coefficient (Wildman–Crippen LogP) is 0.830. The van der Waals surface area contributed by atoms with E-state index in [1.54, 1.807) is 18.3 Å². The van der Waals surface area contributed by atoms with E-state index in [-0.39, 0.29) is 16.9 Å². The monoisotopic (exact) mass is 269 g/mol. The van der Waals surface area contributed by atoms with Gasteiger partial charge in [0.25, 0.3) is 0 Å². The Kier molecular flexibility index (Phi) is 3.99. The summed E-state index contributed by atoms with van der Waals surface area (Å²) in [5, 5.41) is 0. The van der Waals surface area contributed by atoms with Crippen LogP contribution in [0, 0.1) is 5.92 Å². The van der Waals surface area contributed by atoms with Crippen LogP contribution in [0.4, 0.5) is 0 Å². The molecule has 1 aliphatic heterocycles. The summed E-state index contributed by atoms with van der Waals surface area (Å²) >= 11 is 0. The highest BCUT2D eigenvalue weighted by Gasteiger charge is 2.33. The molecule has 0 radical (unpaired) electrons. The Bertz CT molecular complexity index is 489. The topological polar surface area (TPSA) is 76.3 Å². The third-order valence-corrected chi connectivity index (χ3v) is 5.40. The van der Waals surface area contributed by atoms with Gasteiger partial charge in [0, 0.05) is 31.5 Å². The predicted molar refractivity (Wildman–Crippen MR) is 69.4 cm³/mol. The lowest BCUT2D eigenvalue weighted by Gasteiger charge is -2.35. The summed E-state index contributed by atoms with van der Waals surface area (Å²) < 4.78 is 26.3. The van der Waals surface area contributed by atoms with Gasteiger partial charge in [0.15, 0.2) is 0 Å². The minimum atomic E-state index is -3.41. The van der Waals surface area contributed by atoms with Crippen molar-refractivity contribution in [2.45, 2.75) is 30.7 Å². The van der Waals surface area contributed by atoms with Crippen molar-refractivity contribution < 1.29 is 8.42 Å². The van der Waals surface area contributed by atoms with E-state index < -0.39 is 10.0 Å². The summed E-state index contributed by atoms with van der Waals surface area (Å²) in [4.78, 5) is 4.13. The highest BCUT2D eigenvalue weighted by atomic mass is 32.2. The number of hydrogen-bond donors (Lipinski definition) is 1. The number of rotatable bonds is 3. The van der Waals surface area contributed by atoms with Crippen LogP contribution < -0.4 is 5.73 Å². The fraction of sp³-hybridized carbons (Fsp3) is 0.583. The second kappa shape index (κ2) is 5.34. The van der Waals surface area contributed by atoms with Gasteiger partial charge < -0.3 is 5.73 Å². The summed E-state index contributed by atoms with van der Waals surface area (Å²) in [5.74, 6) is 0.241. The molecule has 1 aromatic rings. The van der Waals surface area contributed by atoms with Gasteiger partial charge in [-0.1, -0.05) is 13.3 Å². The van der Waals surface area contributed by atoms with Crippen LogP contribution in [0.5, 0.6) is 0 Å². The normalized spacial score (nSPS) is 26.1. The zero-order valence-corrected chi connectivity index (χ0v) is 11.3. The molecule has 0 saturated carbocycles. The first-order valence-corrected chi connectivity index (χ1v) is 7.65. The van der Waals surface area contributed by atoms with E-state index in [4.69, 9.17) is 5.73 Å². The van der Waals surface area contributed by atoms with Crippen molar-refractivity contribution >= 4 is 10.0 Å². The molecule has 1 aromatic heterocycles. The third-order valence-electron chi connectivity index (χ3n) is 3.55. The van der Waals surface area contributed by atoms with Crippen molar-refractivity contribution in [1.29, 1.82) is 0 Å². The fourth-order valence-electron chi connectivity index (χ4n) is 2.32. The average molecular weight is 269 g/mol. The average Bonchev–Trinajstić information content (AvgIpc) is 2.40. The van der Waals surface area contributed by atoms with E-state index in [1.165, 1.54) is 10.5 Å². The van der Waals surface area contributed by atoms with Gasteiger partial charge in [0.1, 0.15) is 4.90 Å². The van der Waals surface area contributed by atoms with Crippen molar-refractivity contribution in [3.8, 4) is 0 Å².